The van der Waals surface area contributed by atoms with Crippen LogP contribution in [0.25, 0.3) is 11.0 Å². The Hall–Kier alpha value is -2.06. The Balaban J connectivity index is 1.89. The van der Waals surface area contributed by atoms with Crippen LogP contribution in [0, 0.1) is 13.8 Å². The summed E-state index contributed by atoms with van der Waals surface area (Å²) in [5.74, 6) is 0.321. The van der Waals surface area contributed by atoms with Gasteiger partial charge in [0.1, 0.15) is 5.58 Å². The number of ketones is 1. The lowest BCUT2D eigenvalue weighted by atomic mass is 10.1. The summed E-state index contributed by atoms with van der Waals surface area (Å²) in [5.41, 5.74) is 3.78. The highest BCUT2D eigenvalue weighted by Gasteiger charge is 2.14. The van der Waals surface area contributed by atoms with Crippen LogP contribution >= 0.6 is 11.6 Å². The summed E-state index contributed by atoms with van der Waals surface area (Å²) in [6.45, 7) is 3.99. The molecule has 0 atom stereocenters. The van der Waals surface area contributed by atoms with Gasteiger partial charge in [-0.3, -0.25) is 4.79 Å². The standard InChI is InChI=1S/C18H15ClO2/c1-11-4-6-17-14(7-11)10-18(21-17)16(20)9-13-5-3-12(2)8-15(13)19/h3-8,10H,9H2,1-2H3. The molecule has 0 unspecified atom stereocenters. The highest BCUT2D eigenvalue weighted by molar-refractivity contribution is 6.31. The molecule has 0 saturated heterocycles. The van der Waals surface area contributed by atoms with Crippen molar-refractivity contribution in [2.24, 2.45) is 0 Å². The number of hydrogen-bond acceptors (Lipinski definition) is 2. The molecule has 0 fully saturated rings. The molecule has 3 rings (SSSR count). The zero-order valence-corrected chi connectivity index (χ0v) is 12.7. The van der Waals surface area contributed by atoms with Gasteiger partial charge < -0.3 is 4.42 Å². The van der Waals surface area contributed by atoms with E-state index >= 15 is 0 Å². The monoisotopic (exact) mass is 298 g/mol. The zero-order valence-electron chi connectivity index (χ0n) is 11.9. The number of hydrogen-bond donors (Lipinski definition) is 0. The van der Waals surface area contributed by atoms with Gasteiger partial charge in [0.25, 0.3) is 0 Å². The lowest BCUT2D eigenvalue weighted by Crippen LogP contribution is -2.02. The van der Waals surface area contributed by atoms with Crippen LogP contribution in [0.3, 0.4) is 0 Å². The first-order valence-electron chi connectivity index (χ1n) is 6.81. The van der Waals surface area contributed by atoms with Crippen molar-refractivity contribution < 1.29 is 9.21 Å². The molecule has 3 heteroatoms. The van der Waals surface area contributed by atoms with Gasteiger partial charge >= 0.3 is 0 Å². The maximum absolute atomic E-state index is 12.4. The van der Waals surface area contributed by atoms with E-state index in [1.165, 1.54) is 0 Å². The quantitative estimate of drug-likeness (QED) is 0.628. The molecule has 3 aromatic rings. The van der Waals surface area contributed by atoms with Crippen LogP contribution in [0.1, 0.15) is 27.2 Å². The fourth-order valence-electron chi connectivity index (χ4n) is 2.36. The smallest absolute Gasteiger partial charge is 0.202 e. The van der Waals surface area contributed by atoms with E-state index in [4.69, 9.17) is 16.0 Å². The lowest BCUT2D eigenvalue weighted by molar-refractivity contribution is 0.0968. The number of Topliss-reactive ketones (excluding diaryl/α,β-unsaturated/α-hetero) is 1. The maximum atomic E-state index is 12.4. The summed E-state index contributed by atoms with van der Waals surface area (Å²) in [7, 11) is 0. The highest BCUT2D eigenvalue weighted by Crippen LogP contribution is 2.24. The summed E-state index contributed by atoms with van der Waals surface area (Å²) < 4.78 is 5.63. The third-order valence-electron chi connectivity index (χ3n) is 3.51. The van der Waals surface area contributed by atoms with E-state index < -0.39 is 0 Å². The van der Waals surface area contributed by atoms with Gasteiger partial charge in [0.05, 0.1) is 0 Å². The van der Waals surface area contributed by atoms with Crippen molar-refractivity contribution in [1.29, 1.82) is 0 Å². The molecule has 0 aliphatic carbocycles. The van der Waals surface area contributed by atoms with Gasteiger partial charge in [0.2, 0.25) is 5.78 Å². The second-order valence-corrected chi connectivity index (χ2v) is 5.75. The van der Waals surface area contributed by atoms with Crippen molar-refractivity contribution in [1.82, 2.24) is 0 Å². The molecule has 0 aliphatic rings. The third-order valence-corrected chi connectivity index (χ3v) is 3.86. The van der Waals surface area contributed by atoms with E-state index in [-0.39, 0.29) is 12.2 Å². The predicted octanol–water partition coefficient (Wildman–Crippen LogP) is 5.13. The Morgan fingerprint density at radius 1 is 1.05 bits per heavy atom. The first kappa shape index (κ1) is 13.9. The molecule has 2 aromatic carbocycles. The molecule has 0 amide bonds. The maximum Gasteiger partial charge on any atom is 0.202 e. The van der Waals surface area contributed by atoms with Crippen LogP contribution < -0.4 is 0 Å². The van der Waals surface area contributed by atoms with E-state index in [9.17, 15) is 4.79 Å². The fraction of sp³-hybridized carbons (Fsp3) is 0.167. The SMILES string of the molecule is Cc1ccc(CC(=O)c2cc3cc(C)ccc3o2)c(Cl)c1. The fourth-order valence-corrected chi connectivity index (χ4v) is 2.66. The number of rotatable bonds is 3. The number of aryl methyl sites for hydroxylation is 2. The van der Waals surface area contributed by atoms with Crippen molar-refractivity contribution in [2.45, 2.75) is 20.3 Å². The Kier molecular flexibility index (Phi) is 3.56. The summed E-state index contributed by atoms with van der Waals surface area (Å²) >= 11 is 6.18. The van der Waals surface area contributed by atoms with E-state index in [0.29, 0.717) is 10.8 Å². The largest absolute Gasteiger partial charge is 0.453 e. The van der Waals surface area contributed by atoms with E-state index in [1.54, 1.807) is 6.07 Å². The molecule has 0 saturated carbocycles. The summed E-state index contributed by atoms with van der Waals surface area (Å²) in [4.78, 5) is 12.4. The Morgan fingerprint density at radius 3 is 2.52 bits per heavy atom. The second kappa shape index (κ2) is 5.38. The van der Waals surface area contributed by atoms with Gasteiger partial charge in [0.15, 0.2) is 5.76 Å². The van der Waals surface area contributed by atoms with Crippen molar-refractivity contribution in [3.8, 4) is 0 Å². The summed E-state index contributed by atoms with van der Waals surface area (Å²) in [5, 5.41) is 1.57. The van der Waals surface area contributed by atoms with Gasteiger partial charge in [-0.2, -0.15) is 0 Å². The van der Waals surface area contributed by atoms with Gasteiger partial charge in [-0.1, -0.05) is 35.4 Å². The lowest BCUT2D eigenvalue weighted by Gasteiger charge is -2.03. The van der Waals surface area contributed by atoms with Crippen LogP contribution in [0.15, 0.2) is 46.9 Å². The summed E-state index contributed by atoms with van der Waals surface area (Å²) in [6, 6.07) is 13.4. The minimum absolute atomic E-state index is 0.0605. The molecular formula is C18H15ClO2. The molecule has 106 valence electrons. The Morgan fingerprint density at radius 2 is 1.76 bits per heavy atom. The number of carbonyl (C=O) groups is 1. The van der Waals surface area contributed by atoms with Crippen LogP contribution in [0.5, 0.6) is 0 Å². The van der Waals surface area contributed by atoms with Gasteiger partial charge in [-0.25, -0.2) is 0 Å². The van der Waals surface area contributed by atoms with Gasteiger partial charge in [-0.05, 0) is 49.2 Å². The van der Waals surface area contributed by atoms with Crippen LogP contribution in [-0.4, -0.2) is 5.78 Å². The first-order valence-corrected chi connectivity index (χ1v) is 7.19. The van der Waals surface area contributed by atoms with Crippen molar-refractivity contribution in [3.63, 3.8) is 0 Å². The minimum Gasteiger partial charge on any atom is -0.453 e. The molecule has 1 heterocycles. The van der Waals surface area contributed by atoms with Crippen LogP contribution in [-0.2, 0) is 6.42 Å². The molecule has 2 nitrogen and oxygen atoms in total. The van der Waals surface area contributed by atoms with E-state index in [1.807, 2.05) is 50.2 Å². The molecule has 0 N–H and O–H groups in total. The number of fused-ring (bicyclic) bond motifs is 1. The van der Waals surface area contributed by atoms with E-state index in [0.717, 1.165) is 27.7 Å². The average Bonchev–Trinajstić information content (AvgIpc) is 2.85. The number of carbonyl (C=O) groups excluding carboxylic acids is 1. The molecule has 0 radical (unpaired) electrons. The van der Waals surface area contributed by atoms with Gasteiger partial charge in [-0.15, -0.1) is 0 Å². The zero-order chi connectivity index (χ0) is 15.0. The van der Waals surface area contributed by atoms with Crippen LogP contribution in [0.4, 0.5) is 0 Å². The Labute approximate surface area is 128 Å². The molecular weight excluding hydrogens is 284 g/mol. The summed E-state index contributed by atoms with van der Waals surface area (Å²) in [6.07, 6.45) is 0.248. The van der Waals surface area contributed by atoms with Crippen LogP contribution in [0.2, 0.25) is 5.02 Å². The van der Waals surface area contributed by atoms with Gasteiger partial charge in [0, 0.05) is 16.8 Å². The van der Waals surface area contributed by atoms with Crippen molar-refractivity contribution in [3.05, 3.63) is 69.9 Å². The normalized spacial score (nSPS) is 11.0. The average molecular weight is 299 g/mol. The molecule has 0 aliphatic heterocycles. The molecule has 1 aromatic heterocycles. The predicted molar refractivity (Wildman–Crippen MR) is 85.2 cm³/mol. The third kappa shape index (κ3) is 2.86. The van der Waals surface area contributed by atoms with E-state index in [2.05, 4.69) is 0 Å². The molecule has 21 heavy (non-hydrogen) atoms. The molecule has 0 spiro atoms. The highest BCUT2D eigenvalue weighted by atomic mass is 35.5. The number of benzene rings is 2. The minimum atomic E-state index is -0.0605. The topological polar surface area (TPSA) is 30.2 Å². The van der Waals surface area contributed by atoms with Crippen molar-refractivity contribution >= 4 is 28.4 Å². The van der Waals surface area contributed by atoms with Crippen molar-refractivity contribution in [2.75, 3.05) is 0 Å². The first-order chi connectivity index (χ1) is 10.0. The number of furan rings is 1. The second-order valence-electron chi connectivity index (χ2n) is 5.35. The molecule has 0 bridgehead atoms. The Bertz CT molecular complexity index is 830. The number of halogens is 1.